The molecule has 1 amide bonds. The van der Waals surface area contributed by atoms with Crippen LogP contribution in [0, 0.1) is 0 Å². The highest BCUT2D eigenvalue weighted by molar-refractivity contribution is 7.99. The van der Waals surface area contributed by atoms with Crippen molar-refractivity contribution < 1.29 is 13.2 Å². The Bertz CT molecular complexity index is 1250. The van der Waals surface area contributed by atoms with Crippen LogP contribution in [0.1, 0.15) is 10.4 Å². The molecule has 0 saturated carbocycles. The fourth-order valence-corrected chi connectivity index (χ4v) is 4.92. The molecule has 3 aromatic rings. The van der Waals surface area contributed by atoms with Crippen molar-refractivity contribution in [2.75, 3.05) is 16.3 Å². The van der Waals surface area contributed by atoms with Crippen LogP contribution in [0.4, 0.5) is 11.4 Å². The van der Waals surface area contributed by atoms with Gasteiger partial charge in [-0.3, -0.25) is 9.52 Å². The third-order valence-corrected chi connectivity index (χ3v) is 6.48. The molecule has 11 heteroatoms. The van der Waals surface area contributed by atoms with E-state index >= 15 is 0 Å². The van der Waals surface area contributed by atoms with Crippen LogP contribution in [0.3, 0.4) is 0 Å². The largest absolute Gasteiger partial charge is 0.321 e. The van der Waals surface area contributed by atoms with E-state index in [9.17, 15) is 13.2 Å². The van der Waals surface area contributed by atoms with E-state index in [1.165, 1.54) is 23.9 Å². The molecule has 0 atom stereocenters. The van der Waals surface area contributed by atoms with Gasteiger partial charge in [0, 0.05) is 24.9 Å². The number of sulfonamides is 1. The number of nitrogens with one attached hydrogen (secondary N) is 2. The van der Waals surface area contributed by atoms with Crippen molar-refractivity contribution in [1.82, 2.24) is 0 Å². The zero-order valence-corrected chi connectivity index (χ0v) is 20.4. The van der Waals surface area contributed by atoms with Gasteiger partial charge >= 0.3 is 0 Å². The van der Waals surface area contributed by atoms with Crippen LogP contribution in [0.15, 0.2) is 64.4 Å². The van der Waals surface area contributed by atoms with E-state index in [0.717, 1.165) is 11.2 Å². The molecule has 2 N–H and O–H groups in total. The lowest BCUT2D eigenvalue weighted by Gasteiger charge is -2.15. The molecule has 0 bridgehead atoms. The van der Waals surface area contributed by atoms with Crippen molar-refractivity contribution in [3.63, 3.8) is 0 Å². The molecule has 162 valence electrons. The second kappa shape index (κ2) is 9.90. The third kappa shape index (κ3) is 6.68. The van der Waals surface area contributed by atoms with E-state index in [0.29, 0.717) is 20.6 Å². The molecule has 3 rings (SSSR count). The van der Waals surface area contributed by atoms with Gasteiger partial charge in [0.25, 0.3) is 5.91 Å². The Hall–Kier alpha value is -1.61. The van der Waals surface area contributed by atoms with Crippen molar-refractivity contribution in [1.29, 1.82) is 0 Å². The third-order valence-electron chi connectivity index (χ3n) is 3.82. The lowest BCUT2D eigenvalue weighted by atomic mass is 10.1. The molecular weight excluding hydrogens is 522 g/mol. The minimum absolute atomic E-state index is 0.00932. The number of halogens is 4. The second-order valence-corrected chi connectivity index (χ2v) is 10.9. The zero-order valence-electron chi connectivity index (χ0n) is 15.7. The average Bonchev–Trinajstić information content (AvgIpc) is 2.66. The summed E-state index contributed by atoms with van der Waals surface area (Å²) < 4.78 is 25.7. The number of hydrogen-bond donors (Lipinski definition) is 2. The Kier molecular flexibility index (Phi) is 7.68. The smallest absolute Gasteiger partial charge is 0.257 e. The van der Waals surface area contributed by atoms with Gasteiger partial charge in [-0.05, 0) is 54.6 Å². The molecule has 0 aromatic heterocycles. The maximum absolute atomic E-state index is 13.1. The summed E-state index contributed by atoms with van der Waals surface area (Å²) >= 11 is 25.6. The minimum Gasteiger partial charge on any atom is -0.321 e. The lowest BCUT2D eigenvalue weighted by molar-refractivity contribution is 0.102. The second-order valence-electron chi connectivity index (χ2n) is 6.33. The molecule has 5 nitrogen and oxygen atoms in total. The van der Waals surface area contributed by atoms with Gasteiger partial charge in [-0.1, -0.05) is 58.2 Å². The molecule has 0 saturated heterocycles. The Balaban J connectivity index is 1.97. The summed E-state index contributed by atoms with van der Waals surface area (Å²) in [5.74, 6) is -0.615. The Labute approximate surface area is 204 Å². The molecule has 0 radical (unpaired) electrons. The summed E-state index contributed by atoms with van der Waals surface area (Å²) in [6.45, 7) is 0. The first-order valence-corrected chi connectivity index (χ1v) is 12.7. The molecule has 0 aliphatic heterocycles. The molecule has 0 fully saturated rings. The van der Waals surface area contributed by atoms with Gasteiger partial charge in [-0.2, -0.15) is 0 Å². The van der Waals surface area contributed by atoms with Gasteiger partial charge in [0.05, 0.1) is 28.2 Å². The van der Waals surface area contributed by atoms with E-state index in [4.69, 9.17) is 46.4 Å². The standard InChI is InChI=1S/C20H14Cl4N2O3S2/c1-31(28,29)26-19-15(8-13(23)9-16(19)24)20(27)25-17-10-12(22)4-7-18(17)30-14-5-2-11(21)3-6-14/h2-10,26H,1H3,(H,25,27). The van der Waals surface area contributed by atoms with Crippen molar-refractivity contribution in [3.8, 4) is 0 Å². The predicted molar refractivity (Wildman–Crippen MR) is 130 cm³/mol. The number of rotatable bonds is 6. The summed E-state index contributed by atoms with van der Waals surface area (Å²) in [5, 5.41) is 3.95. The normalized spacial score (nSPS) is 11.3. The Morgan fingerprint density at radius 2 is 1.52 bits per heavy atom. The van der Waals surface area contributed by atoms with Crippen molar-refractivity contribution in [3.05, 3.63) is 80.3 Å². The zero-order chi connectivity index (χ0) is 22.8. The molecule has 0 spiro atoms. The lowest BCUT2D eigenvalue weighted by Crippen LogP contribution is -2.18. The van der Waals surface area contributed by atoms with Crippen LogP contribution in [-0.4, -0.2) is 20.6 Å². The SMILES string of the molecule is CS(=O)(=O)Nc1c(Cl)cc(Cl)cc1C(=O)Nc1cc(Cl)ccc1Sc1ccc(Cl)cc1. The summed E-state index contributed by atoms with van der Waals surface area (Å²) in [4.78, 5) is 14.7. The molecular formula is C20H14Cl4N2O3S2. The van der Waals surface area contributed by atoms with Gasteiger partial charge in [-0.25, -0.2) is 8.42 Å². The summed E-state index contributed by atoms with van der Waals surface area (Å²) in [6, 6.07) is 14.9. The predicted octanol–water partition coefficient (Wildman–Crippen LogP) is 7.08. The molecule has 0 unspecified atom stereocenters. The minimum atomic E-state index is -3.69. The van der Waals surface area contributed by atoms with Crippen LogP contribution in [-0.2, 0) is 10.0 Å². The highest BCUT2D eigenvalue weighted by Crippen LogP contribution is 2.37. The molecule has 0 aliphatic carbocycles. The van der Waals surface area contributed by atoms with Crippen molar-refractivity contribution in [2.45, 2.75) is 9.79 Å². The van der Waals surface area contributed by atoms with E-state index in [1.807, 2.05) is 12.1 Å². The van der Waals surface area contributed by atoms with Gasteiger partial charge < -0.3 is 5.32 Å². The molecule has 31 heavy (non-hydrogen) atoms. The Morgan fingerprint density at radius 1 is 0.871 bits per heavy atom. The number of carbonyl (C=O) groups is 1. The number of amides is 1. The van der Waals surface area contributed by atoms with Gasteiger partial charge in [0.1, 0.15) is 0 Å². The van der Waals surface area contributed by atoms with Gasteiger partial charge in [0.15, 0.2) is 0 Å². The quantitative estimate of drug-likeness (QED) is 0.353. The molecule has 3 aromatic carbocycles. The van der Waals surface area contributed by atoms with E-state index in [-0.39, 0.29) is 21.3 Å². The first kappa shape index (κ1) is 24.0. The van der Waals surface area contributed by atoms with Crippen molar-refractivity contribution >= 4 is 85.5 Å². The molecule has 0 heterocycles. The number of carbonyl (C=O) groups excluding carboxylic acids is 1. The fourth-order valence-electron chi connectivity index (χ4n) is 2.55. The first-order chi connectivity index (χ1) is 14.5. The van der Waals surface area contributed by atoms with Crippen molar-refractivity contribution in [2.24, 2.45) is 0 Å². The van der Waals surface area contributed by atoms with Crippen LogP contribution in [0.2, 0.25) is 20.1 Å². The monoisotopic (exact) mass is 534 g/mol. The fraction of sp³-hybridized carbons (Fsp3) is 0.0500. The maximum Gasteiger partial charge on any atom is 0.257 e. The van der Waals surface area contributed by atoms with Crippen LogP contribution in [0.25, 0.3) is 0 Å². The maximum atomic E-state index is 13.1. The average molecular weight is 536 g/mol. The van der Waals surface area contributed by atoms with E-state index in [2.05, 4.69) is 10.0 Å². The number of anilines is 2. The summed E-state index contributed by atoms with van der Waals surface area (Å²) in [5.41, 5.74) is 0.323. The Morgan fingerprint density at radius 3 is 2.16 bits per heavy atom. The van der Waals surface area contributed by atoms with Gasteiger partial charge in [0.2, 0.25) is 10.0 Å². The summed E-state index contributed by atoms with van der Waals surface area (Å²) in [7, 11) is -3.69. The number of benzene rings is 3. The van der Waals surface area contributed by atoms with Crippen LogP contribution in [0.5, 0.6) is 0 Å². The first-order valence-electron chi connectivity index (χ1n) is 8.53. The highest BCUT2D eigenvalue weighted by Gasteiger charge is 2.20. The topological polar surface area (TPSA) is 75.3 Å². The van der Waals surface area contributed by atoms with Crippen LogP contribution < -0.4 is 10.0 Å². The van der Waals surface area contributed by atoms with E-state index in [1.54, 1.807) is 30.3 Å². The van der Waals surface area contributed by atoms with Gasteiger partial charge in [-0.15, -0.1) is 0 Å². The highest BCUT2D eigenvalue weighted by atomic mass is 35.5. The summed E-state index contributed by atoms with van der Waals surface area (Å²) in [6.07, 6.45) is 0.956. The molecule has 0 aliphatic rings. The van der Waals surface area contributed by atoms with E-state index < -0.39 is 15.9 Å². The van der Waals surface area contributed by atoms with Crippen LogP contribution >= 0.6 is 58.2 Å². The number of hydrogen-bond acceptors (Lipinski definition) is 4.